The highest BCUT2D eigenvalue weighted by atomic mass is 16.5. The monoisotopic (exact) mass is 211 g/mol. The van der Waals surface area contributed by atoms with Crippen molar-refractivity contribution in [3.63, 3.8) is 0 Å². The van der Waals surface area contributed by atoms with Gasteiger partial charge >= 0.3 is 5.97 Å². The first-order valence-corrected chi connectivity index (χ1v) is 5.84. The number of esters is 1. The summed E-state index contributed by atoms with van der Waals surface area (Å²) in [6.07, 6.45) is 5.22. The van der Waals surface area contributed by atoms with Crippen LogP contribution in [0.3, 0.4) is 0 Å². The van der Waals surface area contributed by atoms with Crippen molar-refractivity contribution in [3.8, 4) is 0 Å². The lowest BCUT2D eigenvalue weighted by molar-refractivity contribution is -0.140. The molecule has 0 aromatic rings. The lowest BCUT2D eigenvalue weighted by Crippen LogP contribution is -2.26. The number of methoxy groups -OCH3 is 1. The van der Waals surface area contributed by atoms with Crippen molar-refractivity contribution in [2.45, 2.75) is 52.9 Å². The van der Waals surface area contributed by atoms with Crippen LogP contribution < -0.4 is 0 Å². The average Bonchev–Trinajstić information content (AvgIpc) is 2.17. The molecule has 1 fully saturated rings. The fourth-order valence-electron chi connectivity index (χ4n) is 2.35. The number of hydrogen-bond acceptors (Lipinski definition) is 2. The summed E-state index contributed by atoms with van der Waals surface area (Å²) in [5.74, 6) is 2.10. The van der Waals surface area contributed by atoms with E-state index in [1.54, 1.807) is 0 Å². The van der Waals surface area contributed by atoms with Gasteiger partial charge < -0.3 is 4.74 Å². The van der Waals surface area contributed by atoms with E-state index in [1.807, 2.05) is 0 Å². The normalized spacial score (nSPS) is 20.3. The molecule has 0 heterocycles. The SMILES string of the molecule is COC(=O)C[C]1CCC(C(C)(C)C)CC1. The molecule has 0 unspecified atom stereocenters. The molecule has 0 aromatic carbocycles. The van der Waals surface area contributed by atoms with Gasteiger partial charge in [0.2, 0.25) is 0 Å². The second-order valence-electron chi connectivity index (χ2n) is 5.64. The summed E-state index contributed by atoms with van der Waals surface area (Å²) in [7, 11) is 1.46. The molecule has 2 nitrogen and oxygen atoms in total. The lowest BCUT2D eigenvalue weighted by atomic mass is 9.69. The largest absolute Gasteiger partial charge is 0.469 e. The summed E-state index contributed by atoms with van der Waals surface area (Å²) in [6, 6.07) is 0. The molecule has 1 radical (unpaired) electrons. The number of hydrogen-bond donors (Lipinski definition) is 0. The van der Waals surface area contributed by atoms with Crippen LogP contribution in [0.25, 0.3) is 0 Å². The summed E-state index contributed by atoms with van der Waals surface area (Å²) in [6.45, 7) is 6.93. The third-order valence-corrected chi connectivity index (χ3v) is 3.54. The van der Waals surface area contributed by atoms with Crippen LogP contribution in [-0.2, 0) is 9.53 Å². The van der Waals surface area contributed by atoms with E-state index in [0.29, 0.717) is 11.8 Å². The van der Waals surface area contributed by atoms with Gasteiger partial charge in [0.1, 0.15) is 0 Å². The molecular weight excluding hydrogens is 188 g/mol. The predicted octanol–water partition coefficient (Wildman–Crippen LogP) is 3.36. The van der Waals surface area contributed by atoms with Crippen molar-refractivity contribution in [1.82, 2.24) is 0 Å². The predicted molar refractivity (Wildman–Crippen MR) is 61.3 cm³/mol. The van der Waals surface area contributed by atoms with Gasteiger partial charge in [0.05, 0.1) is 13.5 Å². The molecule has 1 aliphatic rings. The zero-order chi connectivity index (χ0) is 11.5. The molecular formula is C13H23O2. The van der Waals surface area contributed by atoms with E-state index in [-0.39, 0.29) is 5.97 Å². The van der Waals surface area contributed by atoms with Crippen LogP contribution in [0.15, 0.2) is 0 Å². The number of ether oxygens (including phenoxy) is 1. The van der Waals surface area contributed by atoms with E-state index in [2.05, 4.69) is 25.5 Å². The first kappa shape index (κ1) is 12.5. The van der Waals surface area contributed by atoms with E-state index >= 15 is 0 Å². The third kappa shape index (κ3) is 3.84. The van der Waals surface area contributed by atoms with Crippen molar-refractivity contribution in [2.24, 2.45) is 11.3 Å². The Bertz CT molecular complexity index is 207. The highest BCUT2D eigenvalue weighted by Crippen LogP contribution is 2.41. The minimum atomic E-state index is -0.0841. The van der Waals surface area contributed by atoms with Crippen LogP contribution in [0.2, 0.25) is 0 Å². The van der Waals surface area contributed by atoms with E-state index in [4.69, 9.17) is 0 Å². The smallest absolute Gasteiger partial charge is 0.306 e. The topological polar surface area (TPSA) is 26.3 Å². The Morgan fingerprint density at radius 2 is 1.87 bits per heavy atom. The Hall–Kier alpha value is -0.530. The van der Waals surface area contributed by atoms with Crippen LogP contribution in [0.4, 0.5) is 0 Å². The maximum Gasteiger partial charge on any atom is 0.306 e. The Balaban J connectivity index is 2.33. The minimum Gasteiger partial charge on any atom is -0.469 e. The quantitative estimate of drug-likeness (QED) is 0.655. The highest BCUT2D eigenvalue weighted by molar-refractivity contribution is 5.71. The van der Waals surface area contributed by atoms with Gasteiger partial charge in [-0.2, -0.15) is 0 Å². The van der Waals surface area contributed by atoms with Crippen LogP contribution in [0.1, 0.15) is 52.9 Å². The van der Waals surface area contributed by atoms with Gasteiger partial charge in [-0.05, 0) is 42.9 Å². The fraction of sp³-hybridized carbons (Fsp3) is 0.846. The molecule has 2 heteroatoms. The van der Waals surface area contributed by atoms with Gasteiger partial charge in [0.25, 0.3) is 0 Å². The molecule has 1 rings (SSSR count). The molecule has 0 aliphatic heterocycles. The van der Waals surface area contributed by atoms with Gasteiger partial charge in [-0.1, -0.05) is 20.8 Å². The number of carbonyl (C=O) groups is 1. The Morgan fingerprint density at radius 1 is 1.33 bits per heavy atom. The summed E-state index contributed by atoms with van der Waals surface area (Å²) in [5, 5.41) is 0. The first-order chi connectivity index (χ1) is 6.93. The third-order valence-electron chi connectivity index (χ3n) is 3.54. The molecule has 0 atom stereocenters. The van der Waals surface area contributed by atoms with Crippen LogP contribution in [0, 0.1) is 17.3 Å². The second kappa shape index (κ2) is 5.00. The van der Waals surface area contributed by atoms with Crippen molar-refractivity contribution in [3.05, 3.63) is 5.92 Å². The molecule has 0 saturated heterocycles. The molecule has 0 aromatic heterocycles. The maximum absolute atomic E-state index is 11.1. The number of carbonyl (C=O) groups excluding carboxylic acids is 1. The molecule has 15 heavy (non-hydrogen) atoms. The van der Waals surface area contributed by atoms with Crippen molar-refractivity contribution in [2.75, 3.05) is 7.11 Å². The first-order valence-electron chi connectivity index (χ1n) is 5.84. The Labute approximate surface area is 93.4 Å². The summed E-state index contributed by atoms with van der Waals surface area (Å²) < 4.78 is 4.69. The highest BCUT2D eigenvalue weighted by Gasteiger charge is 2.30. The van der Waals surface area contributed by atoms with Crippen molar-refractivity contribution >= 4 is 5.97 Å². The molecule has 0 spiro atoms. The van der Waals surface area contributed by atoms with Gasteiger partial charge in [0.15, 0.2) is 0 Å². The van der Waals surface area contributed by atoms with Gasteiger partial charge in [0, 0.05) is 0 Å². The van der Waals surface area contributed by atoms with Crippen molar-refractivity contribution in [1.29, 1.82) is 0 Å². The van der Waals surface area contributed by atoms with Crippen LogP contribution >= 0.6 is 0 Å². The number of rotatable bonds is 2. The van der Waals surface area contributed by atoms with E-state index < -0.39 is 0 Å². The maximum atomic E-state index is 11.1. The Morgan fingerprint density at radius 3 is 2.27 bits per heavy atom. The zero-order valence-electron chi connectivity index (χ0n) is 10.4. The second-order valence-corrected chi connectivity index (χ2v) is 5.64. The van der Waals surface area contributed by atoms with E-state index in [0.717, 1.165) is 18.8 Å². The molecule has 1 aliphatic carbocycles. The van der Waals surface area contributed by atoms with Gasteiger partial charge in [-0.3, -0.25) is 4.79 Å². The van der Waals surface area contributed by atoms with E-state index in [1.165, 1.54) is 25.9 Å². The fourth-order valence-corrected chi connectivity index (χ4v) is 2.35. The molecule has 0 amide bonds. The molecule has 0 N–H and O–H groups in total. The summed E-state index contributed by atoms with van der Waals surface area (Å²) >= 11 is 0. The molecule has 0 bridgehead atoms. The summed E-state index contributed by atoms with van der Waals surface area (Å²) in [4.78, 5) is 11.1. The van der Waals surface area contributed by atoms with Crippen LogP contribution in [0.5, 0.6) is 0 Å². The van der Waals surface area contributed by atoms with Gasteiger partial charge in [-0.25, -0.2) is 0 Å². The van der Waals surface area contributed by atoms with E-state index in [9.17, 15) is 4.79 Å². The molecule has 1 saturated carbocycles. The summed E-state index contributed by atoms with van der Waals surface area (Å²) in [5.41, 5.74) is 0.413. The minimum absolute atomic E-state index is 0.0841. The molecule has 87 valence electrons. The van der Waals surface area contributed by atoms with Crippen molar-refractivity contribution < 1.29 is 9.53 Å². The standard InChI is InChI=1S/C13H23O2/c1-13(2,3)11-7-5-10(6-8-11)9-12(14)15-4/h11H,5-9H2,1-4H3. The van der Waals surface area contributed by atoms with Crippen LogP contribution in [-0.4, -0.2) is 13.1 Å². The van der Waals surface area contributed by atoms with Gasteiger partial charge in [-0.15, -0.1) is 0 Å². The Kier molecular flexibility index (Phi) is 4.18. The average molecular weight is 211 g/mol. The lowest BCUT2D eigenvalue weighted by Gasteiger charge is -2.36. The zero-order valence-corrected chi connectivity index (χ0v) is 10.4.